The van der Waals surface area contributed by atoms with Crippen molar-refractivity contribution in [2.75, 3.05) is 0 Å². The Morgan fingerprint density at radius 3 is 2.70 bits per heavy atom. The van der Waals surface area contributed by atoms with E-state index < -0.39 is 0 Å². The summed E-state index contributed by atoms with van der Waals surface area (Å²) in [6, 6.07) is 2.14. The van der Waals surface area contributed by atoms with Gasteiger partial charge in [0.1, 0.15) is 0 Å². The Hall–Kier alpha value is -0.250. The maximum absolute atomic E-state index is 3.25. The molecule has 0 aliphatic rings. The number of H-pyrrole nitrogens is 1. The number of aromatic amines is 1. The molecule has 0 spiro atoms. The third-order valence-electron chi connectivity index (χ3n) is 1.42. The predicted molar refractivity (Wildman–Crippen MR) is 53.4 cm³/mol. The SMILES string of the molecule is C/C=c1/[nH]c(C)c/c1=C/I. The second-order valence-electron chi connectivity index (χ2n) is 2.22. The molecule has 0 amide bonds. The van der Waals surface area contributed by atoms with Gasteiger partial charge >= 0.3 is 0 Å². The van der Waals surface area contributed by atoms with Crippen molar-refractivity contribution in [3.8, 4) is 0 Å². The lowest BCUT2D eigenvalue weighted by molar-refractivity contribution is 1.22. The average molecular weight is 247 g/mol. The number of nitrogens with one attached hydrogen (secondary N) is 1. The first-order chi connectivity index (χ1) is 4.77. The summed E-state index contributed by atoms with van der Waals surface area (Å²) in [5.41, 5.74) is 1.22. The van der Waals surface area contributed by atoms with Crippen molar-refractivity contribution in [1.29, 1.82) is 0 Å². The minimum absolute atomic E-state index is 1.21. The van der Waals surface area contributed by atoms with Crippen LogP contribution in [0.3, 0.4) is 0 Å². The predicted octanol–water partition coefficient (Wildman–Crippen LogP) is 1.30. The molecule has 1 aromatic heterocycles. The highest BCUT2D eigenvalue weighted by molar-refractivity contribution is 14.1. The Bertz CT molecular complexity index is 290. The van der Waals surface area contributed by atoms with Gasteiger partial charge in [0.2, 0.25) is 0 Å². The molecule has 1 heterocycles. The lowest BCUT2D eigenvalue weighted by Gasteiger charge is -1.75. The van der Waals surface area contributed by atoms with Crippen molar-refractivity contribution in [2.45, 2.75) is 13.8 Å². The van der Waals surface area contributed by atoms with Crippen molar-refractivity contribution >= 4 is 32.7 Å². The van der Waals surface area contributed by atoms with Gasteiger partial charge < -0.3 is 4.98 Å². The lowest BCUT2D eigenvalue weighted by atomic mass is 10.4. The smallest absolute Gasteiger partial charge is 0.0417 e. The molecule has 0 radical (unpaired) electrons. The Balaban J connectivity index is 3.53. The van der Waals surface area contributed by atoms with Crippen LogP contribution in [0.1, 0.15) is 12.6 Å². The number of hydrogen-bond acceptors (Lipinski definition) is 0. The van der Waals surface area contributed by atoms with E-state index in [-0.39, 0.29) is 0 Å². The number of aryl methyl sites for hydroxylation is 1. The van der Waals surface area contributed by atoms with Gasteiger partial charge in [-0.2, -0.15) is 0 Å². The van der Waals surface area contributed by atoms with Crippen molar-refractivity contribution in [3.05, 3.63) is 22.3 Å². The van der Waals surface area contributed by atoms with Gasteiger partial charge in [-0.3, -0.25) is 0 Å². The van der Waals surface area contributed by atoms with E-state index in [1.807, 2.05) is 6.92 Å². The number of rotatable bonds is 0. The number of halogens is 1. The quantitative estimate of drug-likeness (QED) is 0.665. The van der Waals surface area contributed by atoms with Gasteiger partial charge in [-0.25, -0.2) is 0 Å². The molecule has 54 valence electrons. The summed E-state index contributed by atoms with van der Waals surface area (Å²) in [6.45, 7) is 4.10. The van der Waals surface area contributed by atoms with Gasteiger partial charge in [-0.05, 0) is 24.0 Å². The van der Waals surface area contributed by atoms with E-state index in [9.17, 15) is 0 Å². The van der Waals surface area contributed by atoms with Gasteiger partial charge in [0, 0.05) is 16.3 Å². The van der Waals surface area contributed by atoms with Crippen LogP contribution < -0.4 is 10.6 Å². The lowest BCUT2D eigenvalue weighted by Crippen LogP contribution is -2.20. The summed E-state index contributed by atoms with van der Waals surface area (Å²) in [5.74, 6) is 0. The second kappa shape index (κ2) is 3.23. The first-order valence-electron chi connectivity index (χ1n) is 3.20. The molecule has 0 aliphatic heterocycles. The van der Waals surface area contributed by atoms with Crippen LogP contribution in [0.2, 0.25) is 0 Å². The van der Waals surface area contributed by atoms with Gasteiger partial charge in [0.25, 0.3) is 0 Å². The topological polar surface area (TPSA) is 15.8 Å². The van der Waals surface area contributed by atoms with Crippen LogP contribution in [-0.2, 0) is 0 Å². The van der Waals surface area contributed by atoms with E-state index in [4.69, 9.17) is 0 Å². The second-order valence-corrected chi connectivity index (χ2v) is 2.84. The Morgan fingerprint density at radius 1 is 1.60 bits per heavy atom. The van der Waals surface area contributed by atoms with Gasteiger partial charge in [0.15, 0.2) is 0 Å². The van der Waals surface area contributed by atoms with Crippen molar-refractivity contribution in [1.82, 2.24) is 4.98 Å². The molecule has 0 aromatic carbocycles. The molecular weight excluding hydrogens is 237 g/mol. The average Bonchev–Trinajstić information content (AvgIpc) is 2.30. The summed E-state index contributed by atoms with van der Waals surface area (Å²) in [4.78, 5) is 3.25. The summed E-state index contributed by atoms with van der Waals surface area (Å²) in [5, 5.41) is 2.49. The minimum Gasteiger partial charge on any atom is -0.359 e. The summed E-state index contributed by atoms with van der Waals surface area (Å²) in [7, 11) is 0. The van der Waals surface area contributed by atoms with Crippen molar-refractivity contribution in [2.24, 2.45) is 0 Å². The zero-order chi connectivity index (χ0) is 7.56. The highest BCUT2D eigenvalue weighted by atomic mass is 127. The van der Waals surface area contributed by atoms with Crippen LogP contribution in [0.25, 0.3) is 10.2 Å². The molecule has 2 heteroatoms. The molecule has 0 fully saturated rings. The molecule has 0 saturated carbocycles. The van der Waals surface area contributed by atoms with Crippen LogP contribution in [0, 0.1) is 6.92 Å². The molecule has 0 unspecified atom stereocenters. The van der Waals surface area contributed by atoms with Crippen LogP contribution in [0.4, 0.5) is 0 Å². The van der Waals surface area contributed by atoms with Crippen LogP contribution in [0.5, 0.6) is 0 Å². The Labute approximate surface area is 74.0 Å². The largest absolute Gasteiger partial charge is 0.359 e. The molecule has 1 aromatic rings. The molecule has 1 nitrogen and oxygen atoms in total. The molecule has 10 heavy (non-hydrogen) atoms. The van der Waals surface area contributed by atoms with Crippen molar-refractivity contribution < 1.29 is 0 Å². The molecule has 0 bridgehead atoms. The zero-order valence-corrected chi connectivity index (χ0v) is 8.27. The monoisotopic (exact) mass is 247 g/mol. The van der Waals surface area contributed by atoms with Crippen LogP contribution in [0.15, 0.2) is 6.07 Å². The molecule has 0 aliphatic carbocycles. The van der Waals surface area contributed by atoms with Gasteiger partial charge in [0.05, 0.1) is 0 Å². The van der Waals surface area contributed by atoms with Crippen LogP contribution >= 0.6 is 22.6 Å². The summed E-state index contributed by atoms with van der Waals surface area (Å²) in [6.07, 6.45) is 2.08. The normalized spacial score (nSPS) is 14.7. The fraction of sp³-hybridized carbons (Fsp3) is 0.250. The molecular formula is C8H10IN. The number of hydrogen-bond donors (Lipinski definition) is 1. The minimum atomic E-state index is 1.21. The first kappa shape index (κ1) is 7.85. The van der Waals surface area contributed by atoms with Crippen LogP contribution in [-0.4, -0.2) is 4.98 Å². The zero-order valence-electron chi connectivity index (χ0n) is 6.11. The molecule has 0 saturated heterocycles. The summed E-state index contributed by atoms with van der Waals surface area (Å²) >= 11 is 2.25. The van der Waals surface area contributed by atoms with E-state index in [0.717, 1.165) is 0 Å². The third kappa shape index (κ3) is 1.42. The van der Waals surface area contributed by atoms with E-state index in [1.54, 1.807) is 0 Å². The highest BCUT2D eigenvalue weighted by Gasteiger charge is 1.86. The van der Waals surface area contributed by atoms with E-state index in [0.29, 0.717) is 0 Å². The maximum atomic E-state index is 3.25. The fourth-order valence-corrected chi connectivity index (χ4v) is 1.48. The fourth-order valence-electron chi connectivity index (χ4n) is 0.961. The van der Waals surface area contributed by atoms with Crippen molar-refractivity contribution in [3.63, 3.8) is 0 Å². The number of aromatic nitrogens is 1. The van der Waals surface area contributed by atoms with E-state index in [2.05, 4.69) is 50.7 Å². The van der Waals surface area contributed by atoms with Gasteiger partial charge in [-0.15, -0.1) is 0 Å². The van der Waals surface area contributed by atoms with Gasteiger partial charge in [-0.1, -0.05) is 28.7 Å². The maximum Gasteiger partial charge on any atom is 0.0417 e. The molecule has 0 atom stereocenters. The highest BCUT2D eigenvalue weighted by Crippen LogP contribution is 1.83. The summed E-state index contributed by atoms with van der Waals surface area (Å²) < 4.78 is 2.08. The Morgan fingerprint density at radius 2 is 2.30 bits per heavy atom. The Kier molecular flexibility index (Phi) is 2.54. The van der Waals surface area contributed by atoms with E-state index >= 15 is 0 Å². The standard InChI is InChI=1S/C8H10IN/c1-3-8-7(5-9)4-6(2)10-8/h3-5,10H,1-2H3/b7-5-,8-3+. The third-order valence-corrected chi connectivity index (χ3v) is 2.09. The molecule has 1 rings (SSSR count). The van der Waals surface area contributed by atoms with E-state index in [1.165, 1.54) is 16.3 Å². The first-order valence-corrected chi connectivity index (χ1v) is 4.45. The molecule has 1 N–H and O–H groups in total.